The first-order chi connectivity index (χ1) is 8.63. The van der Waals surface area contributed by atoms with Crippen molar-refractivity contribution in [3.05, 3.63) is 24.3 Å². The molecule has 4 heteroatoms. The van der Waals surface area contributed by atoms with Crippen LogP contribution in [0.25, 0.3) is 0 Å². The van der Waals surface area contributed by atoms with Crippen LogP contribution in [0, 0.1) is 0 Å². The minimum Gasteiger partial charge on any atom is -0.481 e. The maximum atomic E-state index is 10.3. The molecule has 0 aliphatic carbocycles. The number of carbonyl (C=O) groups is 2. The van der Waals surface area contributed by atoms with E-state index in [1.165, 1.54) is 6.08 Å². The lowest BCUT2D eigenvalue weighted by molar-refractivity contribution is -0.137. The number of aliphatic carboxylic acids is 2. The molecule has 0 amide bonds. The van der Waals surface area contributed by atoms with Crippen LogP contribution in [0.3, 0.4) is 0 Å². The lowest BCUT2D eigenvalue weighted by atomic mass is 10.1. The van der Waals surface area contributed by atoms with Gasteiger partial charge in [-0.1, -0.05) is 43.9 Å². The van der Waals surface area contributed by atoms with Crippen molar-refractivity contribution in [2.24, 2.45) is 0 Å². The maximum absolute atomic E-state index is 10.3. The lowest BCUT2D eigenvalue weighted by Crippen LogP contribution is -1.93. The van der Waals surface area contributed by atoms with E-state index in [1.54, 1.807) is 6.08 Å². The first-order valence-electron chi connectivity index (χ1n) is 6.41. The van der Waals surface area contributed by atoms with Crippen LogP contribution >= 0.6 is 0 Å². The molecule has 0 rings (SSSR count). The summed E-state index contributed by atoms with van der Waals surface area (Å²) in [7, 11) is 0. The van der Waals surface area contributed by atoms with Gasteiger partial charge in [-0.2, -0.15) is 0 Å². The van der Waals surface area contributed by atoms with Gasteiger partial charge in [-0.3, -0.25) is 4.79 Å². The summed E-state index contributed by atoms with van der Waals surface area (Å²) < 4.78 is 0. The molecule has 0 unspecified atom stereocenters. The second-order valence-electron chi connectivity index (χ2n) is 4.18. The maximum Gasteiger partial charge on any atom is 0.328 e. The van der Waals surface area contributed by atoms with Crippen LogP contribution < -0.4 is 0 Å². The van der Waals surface area contributed by atoms with Gasteiger partial charge in [0, 0.05) is 12.5 Å². The molecular formula is C14H22O4. The first-order valence-corrected chi connectivity index (χ1v) is 6.41. The number of hydrogen-bond donors (Lipinski definition) is 2. The molecule has 0 aromatic heterocycles. The fourth-order valence-electron chi connectivity index (χ4n) is 1.56. The van der Waals surface area contributed by atoms with Crippen molar-refractivity contribution in [3.8, 4) is 0 Å². The van der Waals surface area contributed by atoms with Crippen molar-refractivity contribution in [1.82, 2.24) is 0 Å². The minimum atomic E-state index is -0.930. The molecule has 0 fully saturated rings. The van der Waals surface area contributed by atoms with Gasteiger partial charge >= 0.3 is 11.9 Å². The predicted molar refractivity (Wildman–Crippen MR) is 70.5 cm³/mol. The summed E-state index contributed by atoms with van der Waals surface area (Å²) in [6, 6.07) is 0. The Kier molecular flexibility index (Phi) is 10.8. The van der Waals surface area contributed by atoms with Gasteiger partial charge in [0.05, 0.1) is 0 Å². The van der Waals surface area contributed by atoms with Gasteiger partial charge < -0.3 is 10.2 Å². The predicted octanol–water partition coefficient (Wildman–Crippen LogP) is 3.39. The van der Waals surface area contributed by atoms with Gasteiger partial charge in [-0.15, -0.1) is 0 Å². The van der Waals surface area contributed by atoms with E-state index in [0.29, 0.717) is 0 Å². The Bertz CT molecular complexity index is 292. The third kappa shape index (κ3) is 14.4. The molecule has 0 spiro atoms. The summed E-state index contributed by atoms with van der Waals surface area (Å²) in [4.78, 5) is 20.4. The number of rotatable bonds is 11. The molecule has 0 saturated heterocycles. The molecule has 0 aromatic rings. The smallest absolute Gasteiger partial charge is 0.328 e. The van der Waals surface area contributed by atoms with E-state index in [-0.39, 0.29) is 6.42 Å². The molecule has 0 aromatic carbocycles. The molecule has 102 valence electrons. The number of hydrogen-bond acceptors (Lipinski definition) is 2. The third-order valence-electron chi connectivity index (χ3n) is 2.50. The first kappa shape index (κ1) is 16.4. The standard InChI is InChI=1S/C14H22O4/c15-13(16)11-9-7-5-3-1-2-4-6-8-10-12-14(17)18/h5,7,9,11H,1-4,6,8,10,12H2,(H,15,16)(H,17,18)/b7-5+,11-9+. The second-order valence-corrected chi connectivity index (χ2v) is 4.18. The number of carboxylic acids is 2. The zero-order valence-corrected chi connectivity index (χ0v) is 10.7. The zero-order chi connectivity index (χ0) is 13.6. The molecule has 0 aliphatic rings. The van der Waals surface area contributed by atoms with Crippen LogP contribution in [0.15, 0.2) is 24.3 Å². The van der Waals surface area contributed by atoms with Gasteiger partial charge in [-0.25, -0.2) is 4.79 Å². The summed E-state index contributed by atoms with van der Waals surface area (Å²) in [6.07, 6.45) is 13.8. The lowest BCUT2D eigenvalue weighted by Gasteiger charge is -1.98. The van der Waals surface area contributed by atoms with Crippen molar-refractivity contribution < 1.29 is 19.8 Å². The number of carboxylic acid groups (broad SMARTS) is 2. The largest absolute Gasteiger partial charge is 0.481 e. The molecule has 2 N–H and O–H groups in total. The fraction of sp³-hybridized carbons (Fsp3) is 0.571. The third-order valence-corrected chi connectivity index (χ3v) is 2.50. The van der Waals surface area contributed by atoms with Crippen LogP contribution in [-0.4, -0.2) is 22.2 Å². The molecule has 18 heavy (non-hydrogen) atoms. The SMILES string of the molecule is O=C(O)/C=C/C=C/CCCCCCCCC(=O)O. The fourth-order valence-corrected chi connectivity index (χ4v) is 1.56. The molecule has 0 aliphatic heterocycles. The minimum absolute atomic E-state index is 0.276. The van der Waals surface area contributed by atoms with Crippen LogP contribution in [-0.2, 0) is 9.59 Å². The van der Waals surface area contributed by atoms with Gasteiger partial charge in [0.2, 0.25) is 0 Å². The van der Waals surface area contributed by atoms with Crippen LogP contribution in [0.1, 0.15) is 51.4 Å². The molecule has 0 saturated carbocycles. The van der Waals surface area contributed by atoms with Crippen LogP contribution in [0.5, 0.6) is 0 Å². The van der Waals surface area contributed by atoms with E-state index >= 15 is 0 Å². The van der Waals surface area contributed by atoms with Crippen molar-refractivity contribution in [2.75, 3.05) is 0 Å². The number of allylic oxidation sites excluding steroid dienone is 3. The summed E-state index contributed by atoms with van der Waals surface area (Å²) in [6.45, 7) is 0. The van der Waals surface area contributed by atoms with E-state index < -0.39 is 11.9 Å². The van der Waals surface area contributed by atoms with Crippen molar-refractivity contribution in [1.29, 1.82) is 0 Å². The Morgan fingerprint density at radius 3 is 2.06 bits per heavy atom. The Hall–Kier alpha value is -1.58. The Morgan fingerprint density at radius 2 is 1.44 bits per heavy atom. The van der Waals surface area contributed by atoms with E-state index in [1.807, 2.05) is 6.08 Å². The second kappa shape index (κ2) is 11.9. The highest BCUT2D eigenvalue weighted by Gasteiger charge is 1.95. The topological polar surface area (TPSA) is 74.6 Å². The normalized spacial score (nSPS) is 11.3. The number of unbranched alkanes of at least 4 members (excludes halogenated alkanes) is 6. The highest BCUT2D eigenvalue weighted by Crippen LogP contribution is 2.08. The van der Waals surface area contributed by atoms with E-state index in [2.05, 4.69) is 0 Å². The summed E-state index contributed by atoms with van der Waals surface area (Å²) in [5.41, 5.74) is 0. The Labute approximate surface area is 108 Å². The van der Waals surface area contributed by atoms with Crippen LogP contribution in [0.4, 0.5) is 0 Å². The molecule has 0 radical (unpaired) electrons. The van der Waals surface area contributed by atoms with Crippen molar-refractivity contribution in [3.63, 3.8) is 0 Å². The van der Waals surface area contributed by atoms with Crippen LogP contribution in [0.2, 0.25) is 0 Å². The molecule has 4 nitrogen and oxygen atoms in total. The zero-order valence-electron chi connectivity index (χ0n) is 10.7. The van der Waals surface area contributed by atoms with E-state index in [9.17, 15) is 9.59 Å². The van der Waals surface area contributed by atoms with Crippen molar-refractivity contribution in [2.45, 2.75) is 51.4 Å². The average Bonchev–Trinajstić information content (AvgIpc) is 2.29. The Balaban J connectivity index is 3.21. The molecule has 0 heterocycles. The van der Waals surface area contributed by atoms with Gasteiger partial charge in [0.15, 0.2) is 0 Å². The monoisotopic (exact) mass is 254 g/mol. The molecule has 0 atom stereocenters. The highest BCUT2D eigenvalue weighted by molar-refractivity contribution is 5.80. The highest BCUT2D eigenvalue weighted by atomic mass is 16.4. The molecular weight excluding hydrogens is 232 g/mol. The average molecular weight is 254 g/mol. The van der Waals surface area contributed by atoms with E-state index in [4.69, 9.17) is 10.2 Å². The van der Waals surface area contributed by atoms with E-state index in [0.717, 1.165) is 51.0 Å². The summed E-state index contributed by atoms with van der Waals surface area (Å²) >= 11 is 0. The van der Waals surface area contributed by atoms with Gasteiger partial charge in [0.1, 0.15) is 0 Å². The quantitative estimate of drug-likeness (QED) is 0.337. The Morgan fingerprint density at radius 1 is 0.833 bits per heavy atom. The van der Waals surface area contributed by atoms with Crippen molar-refractivity contribution >= 4 is 11.9 Å². The summed E-state index contributed by atoms with van der Waals surface area (Å²) in [5.74, 6) is -1.64. The summed E-state index contributed by atoms with van der Waals surface area (Å²) in [5, 5.41) is 16.8. The van der Waals surface area contributed by atoms with Gasteiger partial charge in [-0.05, 0) is 19.3 Å². The molecule has 0 bridgehead atoms. The van der Waals surface area contributed by atoms with Gasteiger partial charge in [0.25, 0.3) is 0 Å².